The third kappa shape index (κ3) is 4.46. The Morgan fingerprint density at radius 1 is 1.62 bits per heavy atom. The minimum Gasteiger partial charge on any atom is -0.388 e. The first kappa shape index (κ1) is 12.7. The number of urea groups is 1. The summed E-state index contributed by atoms with van der Waals surface area (Å²) in [5.41, 5.74) is 0.901. The molecular weight excluding hydrogens is 224 g/mol. The third-order valence-electron chi connectivity index (χ3n) is 2.04. The lowest BCUT2D eigenvalue weighted by Crippen LogP contribution is -2.36. The normalized spacial score (nSPS) is 11.8. The van der Waals surface area contributed by atoms with Crippen LogP contribution in [0.5, 0.6) is 0 Å². The molecule has 1 rings (SSSR count). The van der Waals surface area contributed by atoms with Crippen LogP contribution in [0.4, 0.5) is 4.79 Å². The molecule has 0 aliphatic carbocycles. The fourth-order valence-electron chi connectivity index (χ4n) is 1.18. The fourth-order valence-corrected chi connectivity index (χ4v) is 1.89. The Balaban J connectivity index is 2.15. The van der Waals surface area contributed by atoms with Gasteiger partial charge in [-0.05, 0) is 28.8 Å². The van der Waals surface area contributed by atoms with E-state index in [2.05, 4.69) is 17.2 Å². The highest BCUT2D eigenvalue weighted by atomic mass is 32.1. The monoisotopic (exact) mass is 240 g/mol. The van der Waals surface area contributed by atoms with Gasteiger partial charge in [-0.25, -0.2) is 4.79 Å². The van der Waals surface area contributed by atoms with E-state index in [9.17, 15) is 9.90 Å². The predicted molar refractivity (Wildman–Crippen MR) is 65.5 cm³/mol. The minimum atomic E-state index is -0.508. The van der Waals surface area contributed by atoms with Crippen molar-refractivity contribution in [2.75, 3.05) is 13.1 Å². The van der Waals surface area contributed by atoms with Gasteiger partial charge in [-0.3, -0.25) is 0 Å². The lowest BCUT2D eigenvalue weighted by Gasteiger charge is -2.10. The summed E-state index contributed by atoms with van der Waals surface area (Å²) < 4.78 is 0. The van der Waals surface area contributed by atoms with E-state index in [0.29, 0.717) is 19.5 Å². The number of nitrogens with one attached hydrogen (secondary N) is 2. The van der Waals surface area contributed by atoms with Gasteiger partial charge in [0.2, 0.25) is 0 Å². The molecule has 1 aromatic rings. The number of carbonyl (C=O) groups excluding carboxylic acids is 1. The van der Waals surface area contributed by atoms with Crippen LogP contribution in [-0.2, 0) is 0 Å². The second kappa shape index (κ2) is 7.03. The van der Waals surface area contributed by atoms with E-state index in [1.54, 1.807) is 17.4 Å². The van der Waals surface area contributed by atoms with Crippen molar-refractivity contribution in [3.05, 3.63) is 35.0 Å². The quantitative estimate of drug-likeness (QED) is 0.662. The van der Waals surface area contributed by atoms with Gasteiger partial charge in [0.05, 0.1) is 6.10 Å². The molecule has 1 heterocycles. The van der Waals surface area contributed by atoms with Gasteiger partial charge in [0.15, 0.2) is 0 Å². The molecule has 88 valence electrons. The summed E-state index contributed by atoms with van der Waals surface area (Å²) in [5, 5.41) is 18.8. The van der Waals surface area contributed by atoms with Gasteiger partial charge >= 0.3 is 6.03 Å². The van der Waals surface area contributed by atoms with E-state index in [0.717, 1.165) is 5.56 Å². The highest BCUT2D eigenvalue weighted by Gasteiger charge is 2.07. The Hall–Kier alpha value is -1.33. The van der Waals surface area contributed by atoms with Crippen LogP contribution < -0.4 is 10.6 Å². The molecule has 4 nitrogen and oxygen atoms in total. The van der Waals surface area contributed by atoms with Gasteiger partial charge in [0, 0.05) is 13.1 Å². The molecule has 0 radical (unpaired) electrons. The van der Waals surface area contributed by atoms with Crippen molar-refractivity contribution in [2.45, 2.75) is 12.5 Å². The number of amides is 2. The summed E-state index contributed by atoms with van der Waals surface area (Å²) in [6.45, 7) is 4.38. The van der Waals surface area contributed by atoms with Crippen LogP contribution in [0.25, 0.3) is 0 Å². The minimum absolute atomic E-state index is 0.239. The zero-order valence-electron chi connectivity index (χ0n) is 8.98. The Kier molecular flexibility index (Phi) is 5.60. The molecule has 16 heavy (non-hydrogen) atoms. The summed E-state index contributed by atoms with van der Waals surface area (Å²) >= 11 is 1.55. The fraction of sp³-hybridized carbons (Fsp3) is 0.364. The Morgan fingerprint density at radius 2 is 2.44 bits per heavy atom. The van der Waals surface area contributed by atoms with E-state index in [1.165, 1.54) is 0 Å². The van der Waals surface area contributed by atoms with Crippen LogP contribution in [0.15, 0.2) is 29.5 Å². The number of hydrogen-bond donors (Lipinski definition) is 3. The van der Waals surface area contributed by atoms with E-state index >= 15 is 0 Å². The van der Waals surface area contributed by atoms with Gasteiger partial charge < -0.3 is 15.7 Å². The average molecular weight is 240 g/mol. The van der Waals surface area contributed by atoms with Gasteiger partial charge in [0.25, 0.3) is 0 Å². The van der Waals surface area contributed by atoms with E-state index in [1.807, 2.05) is 16.8 Å². The van der Waals surface area contributed by atoms with Crippen molar-refractivity contribution >= 4 is 17.4 Å². The van der Waals surface area contributed by atoms with Gasteiger partial charge in [0.1, 0.15) is 0 Å². The lowest BCUT2D eigenvalue weighted by atomic mass is 10.1. The molecule has 0 saturated heterocycles. The maximum Gasteiger partial charge on any atom is 0.315 e. The van der Waals surface area contributed by atoms with E-state index in [4.69, 9.17) is 0 Å². The number of aliphatic hydroxyl groups excluding tert-OH is 1. The average Bonchev–Trinajstić information content (AvgIpc) is 2.79. The highest BCUT2D eigenvalue weighted by molar-refractivity contribution is 7.07. The molecule has 0 fully saturated rings. The first-order chi connectivity index (χ1) is 7.74. The number of hydrogen-bond acceptors (Lipinski definition) is 3. The zero-order valence-corrected chi connectivity index (χ0v) is 9.80. The van der Waals surface area contributed by atoms with Crippen molar-refractivity contribution in [3.8, 4) is 0 Å². The summed E-state index contributed by atoms with van der Waals surface area (Å²) in [5.74, 6) is 0. The van der Waals surface area contributed by atoms with Gasteiger partial charge in [-0.2, -0.15) is 11.3 Å². The van der Waals surface area contributed by atoms with Gasteiger partial charge in [-0.1, -0.05) is 6.08 Å². The van der Waals surface area contributed by atoms with Crippen LogP contribution in [0, 0.1) is 0 Å². The molecule has 2 amide bonds. The SMILES string of the molecule is C=CCNC(=O)NCCC(O)c1ccsc1. The van der Waals surface area contributed by atoms with Crippen LogP contribution in [0.3, 0.4) is 0 Å². The summed E-state index contributed by atoms with van der Waals surface area (Å²) in [6, 6.07) is 1.64. The van der Waals surface area contributed by atoms with Crippen molar-refractivity contribution in [2.24, 2.45) is 0 Å². The van der Waals surface area contributed by atoms with Crippen molar-refractivity contribution < 1.29 is 9.90 Å². The molecule has 1 aromatic heterocycles. The maximum atomic E-state index is 11.1. The van der Waals surface area contributed by atoms with Crippen molar-refractivity contribution in [3.63, 3.8) is 0 Å². The number of rotatable bonds is 6. The summed E-state index contributed by atoms with van der Waals surface area (Å²) in [4.78, 5) is 11.1. The molecule has 0 aromatic carbocycles. The molecule has 3 N–H and O–H groups in total. The molecule has 0 aliphatic rings. The lowest BCUT2D eigenvalue weighted by molar-refractivity contribution is 0.167. The van der Waals surface area contributed by atoms with Crippen LogP contribution in [0.2, 0.25) is 0 Å². The van der Waals surface area contributed by atoms with E-state index in [-0.39, 0.29) is 6.03 Å². The maximum absolute atomic E-state index is 11.1. The highest BCUT2D eigenvalue weighted by Crippen LogP contribution is 2.18. The predicted octanol–water partition coefficient (Wildman–Crippen LogP) is 1.66. The van der Waals surface area contributed by atoms with Gasteiger partial charge in [-0.15, -0.1) is 6.58 Å². The number of carbonyl (C=O) groups is 1. The molecule has 0 spiro atoms. The molecular formula is C11H16N2O2S. The topological polar surface area (TPSA) is 61.4 Å². The Morgan fingerprint density at radius 3 is 3.06 bits per heavy atom. The standard InChI is InChI=1S/C11H16N2O2S/c1-2-5-12-11(15)13-6-3-10(14)9-4-7-16-8-9/h2,4,7-8,10,14H,1,3,5-6H2,(H2,12,13,15). The van der Waals surface area contributed by atoms with Crippen molar-refractivity contribution in [1.29, 1.82) is 0 Å². The molecule has 1 unspecified atom stereocenters. The van der Waals surface area contributed by atoms with E-state index < -0.39 is 6.10 Å². The largest absolute Gasteiger partial charge is 0.388 e. The molecule has 0 aliphatic heterocycles. The molecule has 0 saturated carbocycles. The zero-order chi connectivity index (χ0) is 11.8. The summed E-state index contributed by atoms with van der Waals surface area (Å²) in [6.07, 6.45) is 1.61. The Bertz CT molecular complexity index is 325. The van der Waals surface area contributed by atoms with Crippen molar-refractivity contribution in [1.82, 2.24) is 10.6 Å². The van der Waals surface area contributed by atoms with Crippen LogP contribution in [-0.4, -0.2) is 24.2 Å². The second-order valence-corrected chi connectivity index (χ2v) is 4.07. The third-order valence-corrected chi connectivity index (χ3v) is 2.74. The smallest absolute Gasteiger partial charge is 0.315 e. The second-order valence-electron chi connectivity index (χ2n) is 3.29. The molecule has 0 bridgehead atoms. The molecule has 5 heteroatoms. The first-order valence-electron chi connectivity index (χ1n) is 5.06. The molecule has 1 atom stereocenters. The van der Waals surface area contributed by atoms with Crippen LogP contribution >= 0.6 is 11.3 Å². The number of aliphatic hydroxyl groups is 1. The number of thiophene rings is 1. The van der Waals surface area contributed by atoms with Crippen LogP contribution in [0.1, 0.15) is 18.1 Å². The first-order valence-corrected chi connectivity index (χ1v) is 6.01. The summed E-state index contributed by atoms with van der Waals surface area (Å²) in [7, 11) is 0. The Labute approximate surface area is 99.0 Å².